The molecule has 1 aliphatic carbocycles. The first-order valence-corrected chi connectivity index (χ1v) is 16.9. The standard InChI is InChI=1S/C36H44N4O5/c41-33(37-26-15-17-28(18-16-26)44-27-13-7-4-8-14-27)30-29-19-20-36(45-29)31(30)35(43)40(24-23-39-21-9-1-2-10-22-39)32(36)34(42)38-25-11-5-3-6-12-25/h4,7-8,13-20,25,29-32H,1-3,5-6,9-12,21-24H2,(H,37,41)(H,38,42)/t29-,30-,31+,32?,36+/m0/s1. The number of nitrogens with zero attached hydrogens (tertiary/aromatic N) is 2. The minimum absolute atomic E-state index is 0.111. The van der Waals surface area contributed by atoms with E-state index in [9.17, 15) is 14.4 Å². The largest absolute Gasteiger partial charge is 0.457 e. The van der Waals surface area contributed by atoms with E-state index in [0.29, 0.717) is 24.5 Å². The maximum Gasteiger partial charge on any atom is 0.246 e. The number of carbonyl (C=O) groups is 3. The number of anilines is 1. The van der Waals surface area contributed by atoms with E-state index in [2.05, 4.69) is 15.5 Å². The number of ether oxygens (including phenoxy) is 2. The third kappa shape index (κ3) is 6.00. The van der Waals surface area contributed by atoms with Crippen LogP contribution < -0.4 is 15.4 Å². The summed E-state index contributed by atoms with van der Waals surface area (Å²) in [5.74, 6) is -0.687. The molecule has 2 aromatic rings. The fraction of sp³-hybridized carbons (Fsp3) is 0.528. The van der Waals surface area contributed by atoms with Crippen LogP contribution in [0.3, 0.4) is 0 Å². The zero-order chi connectivity index (χ0) is 30.8. The summed E-state index contributed by atoms with van der Waals surface area (Å²) in [5, 5.41) is 6.30. The molecule has 2 N–H and O–H groups in total. The maximum absolute atomic E-state index is 14.3. The van der Waals surface area contributed by atoms with Crippen LogP contribution in [0.5, 0.6) is 11.5 Å². The molecular weight excluding hydrogens is 568 g/mol. The molecule has 1 saturated carbocycles. The van der Waals surface area contributed by atoms with Crippen molar-refractivity contribution in [1.82, 2.24) is 15.1 Å². The van der Waals surface area contributed by atoms with Crippen LogP contribution in [-0.2, 0) is 19.1 Å². The van der Waals surface area contributed by atoms with Crippen molar-refractivity contribution >= 4 is 23.4 Å². The number of hydrogen-bond acceptors (Lipinski definition) is 6. The van der Waals surface area contributed by atoms with Gasteiger partial charge in [-0.05, 0) is 75.2 Å². The summed E-state index contributed by atoms with van der Waals surface area (Å²) in [7, 11) is 0. The highest BCUT2D eigenvalue weighted by Gasteiger charge is 2.72. The predicted octanol–water partition coefficient (Wildman–Crippen LogP) is 4.89. The predicted molar refractivity (Wildman–Crippen MR) is 171 cm³/mol. The Balaban J connectivity index is 1.09. The zero-order valence-corrected chi connectivity index (χ0v) is 25.9. The molecule has 3 amide bonds. The fourth-order valence-electron chi connectivity index (χ4n) is 8.10. The quantitative estimate of drug-likeness (QED) is 0.391. The maximum atomic E-state index is 14.3. The lowest BCUT2D eigenvalue weighted by Crippen LogP contribution is -2.57. The van der Waals surface area contributed by atoms with Crippen LogP contribution in [0.2, 0.25) is 0 Å². The normalized spacial score (nSPS) is 29.8. The minimum atomic E-state index is -1.14. The molecule has 1 unspecified atom stereocenters. The van der Waals surface area contributed by atoms with Gasteiger partial charge < -0.3 is 29.9 Å². The molecule has 9 nitrogen and oxygen atoms in total. The Bertz CT molecular complexity index is 1400. The number of para-hydroxylation sites is 1. The Morgan fingerprint density at radius 1 is 0.844 bits per heavy atom. The topological polar surface area (TPSA) is 100 Å². The van der Waals surface area contributed by atoms with Crippen LogP contribution in [0.1, 0.15) is 57.8 Å². The van der Waals surface area contributed by atoms with Gasteiger partial charge in [0.2, 0.25) is 17.7 Å². The molecule has 4 heterocycles. The summed E-state index contributed by atoms with van der Waals surface area (Å²) >= 11 is 0. The van der Waals surface area contributed by atoms with Gasteiger partial charge in [0.25, 0.3) is 0 Å². The summed E-state index contributed by atoms with van der Waals surface area (Å²) < 4.78 is 12.4. The minimum Gasteiger partial charge on any atom is -0.457 e. The van der Waals surface area contributed by atoms with Gasteiger partial charge in [-0.1, -0.05) is 62.5 Å². The van der Waals surface area contributed by atoms with Gasteiger partial charge >= 0.3 is 0 Å². The summed E-state index contributed by atoms with van der Waals surface area (Å²) in [6, 6.07) is 16.0. The number of fused-ring (bicyclic) bond motifs is 1. The molecule has 4 aliphatic heterocycles. The first-order valence-electron chi connectivity index (χ1n) is 16.9. The lowest BCUT2D eigenvalue weighted by Gasteiger charge is -2.35. The van der Waals surface area contributed by atoms with Crippen molar-refractivity contribution in [2.24, 2.45) is 11.8 Å². The third-order valence-electron chi connectivity index (χ3n) is 10.3. The smallest absolute Gasteiger partial charge is 0.246 e. The van der Waals surface area contributed by atoms with Gasteiger partial charge in [-0.25, -0.2) is 0 Å². The Morgan fingerprint density at radius 2 is 1.53 bits per heavy atom. The van der Waals surface area contributed by atoms with Crippen molar-refractivity contribution in [2.75, 3.05) is 31.5 Å². The number of carbonyl (C=O) groups excluding carboxylic acids is 3. The van der Waals surface area contributed by atoms with Gasteiger partial charge in [0.05, 0.1) is 17.9 Å². The molecule has 45 heavy (non-hydrogen) atoms. The van der Waals surface area contributed by atoms with E-state index in [4.69, 9.17) is 9.47 Å². The van der Waals surface area contributed by atoms with Gasteiger partial charge in [-0.3, -0.25) is 14.4 Å². The summed E-state index contributed by atoms with van der Waals surface area (Å²) in [6.07, 6.45) is 13.3. The molecule has 2 bridgehead atoms. The molecule has 1 spiro atoms. The average Bonchev–Trinajstić information content (AvgIpc) is 3.60. The van der Waals surface area contributed by atoms with Crippen molar-refractivity contribution < 1.29 is 23.9 Å². The van der Waals surface area contributed by atoms with E-state index in [1.54, 1.807) is 29.2 Å². The van der Waals surface area contributed by atoms with E-state index < -0.39 is 29.6 Å². The second kappa shape index (κ2) is 13.0. The summed E-state index contributed by atoms with van der Waals surface area (Å²) in [5.41, 5.74) is -0.537. The van der Waals surface area contributed by atoms with Crippen molar-refractivity contribution in [3.63, 3.8) is 0 Å². The number of nitrogens with one attached hydrogen (secondary N) is 2. The molecule has 0 aromatic heterocycles. The summed E-state index contributed by atoms with van der Waals surface area (Å²) in [4.78, 5) is 46.4. The Kier molecular flexibility index (Phi) is 8.64. The van der Waals surface area contributed by atoms with Crippen molar-refractivity contribution in [2.45, 2.75) is 81.6 Å². The van der Waals surface area contributed by atoms with Gasteiger partial charge in [-0.2, -0.15) is 0 Å². The monoisotopic (exact) mass is 612 g/mol. The lowest BCUT2D eigenvalue weighted by molar-refractivity contribution is -0.141. The third-order valence-corrected chi connectivity index (χ3v) is 10.3. The van der Waals surface area contributed by atoms with Crippen LogP contribution in [0, 0.1) is 11.8 Å². The lowest BCUT2D eigenvalue weighted by atomic mass is 9.74. The molecular formula is C36H44N4O5. The van der Waals surface area contributed by atoms with Crippen LogP contribution in [0.15, 0.2) is 66.7 Å². The van der Waals surface area contributed by atoms with Gasteiger partial charge in [0, 0.05) is 24.8 Å². The van der Waals surface area contributed by atoms with Crippen LogP contribution in [0.4, 0.5) is 5.69 Å². The average molecular weight is 613 g/mol. The fourth-order valence-corrected chi connectivity index (χ4v) is 8.10. The van der Waals surface area contributed by atoms with Crippen LogP contribution in [0.25, 0.3) is 0 Å². The number of rotatable bonds is 9. The second-order valence-corrected chi connectivity index (χ2v) is 13.3. The highest BCUT2D eigenvalue weighted by molar-refractivity contribution is 6.02. The molecule has 5 aliphatic rings. The van der Waals surface area contributed by atoms with E-state index in [1.165, 1.54) is 19.3 Å². The van der Waals surface area contributed by atoms with Gasteiger partial charge in [0.1, 0.15) is 23.1 Å². The molecule has 7 rings (SSSR count). The van der Waals surface area contributed by atoms with E-state index in [-0.39, 0.29) is 23.8 Å². The van der Waals surface area contributed by atoms with Crippen molar-refractivity contribution in [1.29, 1.82) is 0 Å². The number of hydrogen-bond donors (Lipinski definition) is 2. The Hall–Kier alpha value is -3.69. The van der Waals surface area contributed by atoms with E-state index in [0.717, 1.165) is 57.4 Å². The first kappa shape index (κ1) is 30.0. The van der Waals surface area contributed by atoms with Gasteiger partial charge in [-0.15, -0.1) is 0 Å². The molecule has 4 fully saturated rings. The Morgan fingerprint density at radius 3 is 2.27 bits per heavy atom. The molecule has 3 saturated heterocycles. The van der Waals surface area contributed by atoms with E-state index >= 15 is 0 Å². The highest BCUT2D eigenvalue weighted by Crippen LogP contribution is 2.55. The first-order chi connectivity index (χ1) is 22.0. The summed E-state index contributed by atoms with van der Waals surface area (Å²) in [6.45, 7) is 3.17. The van der Waals surface area contributed by atoms with E-state index in [1.807, 2.05) is 42.5 Å². The number of benzene rings is 2. The van der Waals surface area contributed by atoms with Gasteiger partial charge in [0.15, 0.2) is 0 Å². The zero-order valence-electron chi connectivity index (χ0n) is 25.9. The van der Waals surface area contributed by atoms with Crippen LogP contribution >= 0.6 is 0 Å². The second-order valence-electron chi connectivity index (χ2n) is 13.3. The van der Waals surface area contributed by atoms with Crippen molar-refractivity contribution in [3.8, 4) is 11.5 Å². The molecule has 9 heteroatoms. The number of amides is 3. The molecule has 238 valence electrons. The SMILES string of the molecule is O=C(NC1CCCCC1)C1N(CCN2CCCCCC2)C(=O)[C@H]2[C@@H](C(=O)Nc3ccc(Oc4ccccc4)cc3)[C@@H]3C=C[C@]12O3. The van der Waals surface area contributed by atoms with Crippen molar-refractivity contribution in [3.05, 3.63) is 66.7 Å². The molecule has 0 radical (unpaired) electrons. The highest BCUT2D eigenvalue weighted by atomic mass is 16.5. The number of likely N-dealkylation sites (tertiary alicyclic amines) is 2. The Labute approximate surface area is 265 Å². The van der Waals surface area contributed by atoms with Crippen LogP contribution in [-0.4, -0.2) is 77.5 Å². The molecule has 5 atom stereocenters. The molecule has 2 aromatic carbocycles.